The first kappa shape index (κ1) is 17.1. The molecule has 0 spiro atoms. The Labute approximate surface area is 155 Å². The fraction of sp³-hybridized carbons (Fsp3) is 0.409. The highest BCUT2D eigenvalue weighted by Gasteiger charge is 2.23. The van der Waals surface area contributed by atoms with E-state index in [0.29, 0.717) is 6.61 Å². The lowest BCUT2D eigenvalue weighted by Crippen LogP contribution is -2.32. The first-order valence-corrected chi connectivity index (χ1v) is 9.63. The number of amides is 1. The van der Waals surface area contributed by atoms with Gasteiger partial charge in [-0.2, -0.15) is 0 Å². The maximum absolute atomic E-state index is 12.7. The zero-order chi connectivity index (χ0) is 17.8. The summed E-state index contributed by atoms with van der Waals surface area (Å²) in [6.07, 6.45) is 4.75. The van der Waals surface area contributed by atoms with Crippen LogP contribution >= 0.6 is 0 Å². The molecule has 1 unspecified atom stereocenters. The van der Waals surface area contributed by atoms with Crippen LogP contribution in [0.1, 0.15) is 53.2 Å². The van der Waals surface area contributed by atoms with Crippen LogP contribution in [-0.4, -0.2) is 30.5 Å². The zero-order valence-electron chi connectivity index (χ0n) is 15.1. The van der Waals surface area contributed by atoms with Gasteiger partial charge < -0.3 is 10.1 Å². The quantitative estimate of drug-likeness (QED) is 0.908. The minimum atomic E-state index is -0.0174. The van der Waals surface area contributed by atoms with Crippen molar-refractivity contribution in [1.82, 2.24) is 10.2 Å². The van der Waals surface area contributed by atoms with E-state index < -0.39 is 0 Å². The maximum atomic E-state index is 12.7. The van der Waals surface area contributed by atoms with Crippen molar-refractivity contribution in [2.75, 3.05) is 19.7 Å². The molecular weight excluding hydrogens is 324 g/mol. The molecule has 26 heavy (non-hydrogen) atoms. The van der Waals surface area contributed by atoms with Crippen LogP contribution in [0.25, 0.3) is 0 Å². The molecule has 1 saturated heterocycles. The predicted octanol–water partition coefficient (Wildman–Crippen LogP) is 3.93. The lowest BCUT2D eigenvalue weighted by molar-refractivity contribution is 0.0925. The fourth-order valence-electron chi connectivity index (χ4n) is 3.87. The number of para-hydroxylation sites is 1. The molecule has 0 saturated carbocycles. The van der Waals surface area contributed by atoms with Crippen molar-refractivity contribution in [3.63, 3.8) is 0 Å². The van der Waals surface area contributed by atoms with Crippen LogP contribution in [0.15, 0.2) is 48.5 Å². The molecule has 1 amide bonds. The third-order valence-corrected chi connectivity index (χ3v) is 5.33. The number of hydrogen-bond donors (Lipinski definition) is 1. The van der Waals surface area contributed by atoms with Gasteiger partial charge in [-0.3, -0.25) is 9.69 Å². The van der Waals surface area contributed by atoms with Crippen LogP contribution < -0.4 is 10.1 Å². The number of nitrogens with zero attached hydrogens (tertiary/aromatic N) is 1. The van der Waals surface area contributed by atoms with Crippen LogP contribution in [0.2, 0.25) is 0 Å². The van der Waals surface area contributed by atoms with E-state index in [1.807, 2.05) is 36.4 Å². The Kier molecular flexibility index (Phi) is 5.21. The summed E-state index contributed by atoms with van der Waals surface area (Å²) in [5.41, 5.74) is 3.06. The molecule has 4 rings (SSSR count). The first-order valence-electron chi connectivity index (χ1n) is 9.63. The standard InChI is InChI=1S/C22H26N2O2/c25-22(23-20-12-15-26-21-7-3-2-6-19(20)21)18-10-8-17(9-11-18)16-24-13-4-1-5-14-24/h2-3,6-11,20H,1,4-5,12-16H2,(H,23,25). The lowest BCUT2D eigenvalue weighted by Gasteiger charge is -2.27. The van der Waals surface area contributed by atoms with Crippen molar-refractivity contribution in [1.29, 1.82) is 0 Å². The molecular formula is C22H26N2O2. The summed E-state index contributed by atoms with van der Waals surface area (Å²) in [5.74, 6) is 0.858. The summed E-state index contributed by atoms with van der Waals surface area (Å²) in [5, 5.41) is 3.16. The van der Waals surface area contributed by atoms with Gasteiger partial charge in [-0.05, 0) is 49.7 Å². The molecule has 0 aromatic heterocycles. The lowest BCUT2D eigenvalue weighted by atomic mass is 10.00. The molecule has 136 valence electrons. The van der Waals surface area contributed by atoms with Crippen LogP contribution in [-0.2, 0) is 6.54 Å². The highest BCUT2D eigenvalue weighted by Crippen LogP contribution is 2.31. The minimum Gasteiger partial charge on any atom is -0.493 e. The molecule has 0 radical (unpaired) electrons. The molecule has 2 aliphatic heterocycles. The van der Waals surface area contributed by atoms with E-state index in [0.717, 1.165) is 29.8 Å². The Balaban J connectivity index is 1.39. The smallest absolute Gasteiger partial charge is 0.251 e. The van der Waals surface area contributed by atoms with Crippen molar-refractivity contribution < 1.29 is 9.53 Å². The van der Waals surface area contributed by atoms with E-state index in [-0.39, 0.29) is 11.9 Å². The third kappa shape index (κ3) is 3.91. The van der Waals surface area contributed by atoms with Gasteiger partial charge in [-0.1, -0.05) is 36.8 Å². The largest absolute Gasteiger partial charge is 0.493 e. The van der Waals surface area contributed by atoms with Crippen molar-refractivity contribution >= 4 is 5.91 Å². The Morgan fingerprint density at radius 3 is 2.62 bits per heavy atom. The minimum absolute atomic E-state index is 0.0143. The van der Waals surface area contributed by atoms with Gasteiger partial charge in [0.1, 0.15) is 5.75 Å². The number of benzene rings is 2. The molecule has 2 aliphatic rings. The third-order valence-electron chi connectivity index (χ3n) is 5.33. The Bertz CT molecular complexity index is 751. The Hall–Kier alpha value is -2.33. The van der Waals surface area contributed by atoms with Gasteiger partial charge in [0, 0.05) is 24.1 Å². The zero-order valence-corrected chi connectivity index (χ0v) is 15.1. The molecule has 1 atom stereocenters. The van der Waals surface area contributed by atoms with Crippen LogP contribution in [0.5, 0.6) is 5.75 Å². The number of fused-ring (bicyclic) bond motifs is 1. The summed E-state index contributed by atoms with van der Waals surface area (Å²) in [6.45, 7) is 3.99. The summed E-state index contributed by atoms with van der Waals surface area (Å²) < 4.78 is 5.67. The Morgan fingerprint density at radius 1 is 1.04 bits per heavy atom. The summed E-state index contributed by atoms with van der Waals surface area (Å²) in [6, 6.07) is 16.0. The number of ether oxygens (including phenoxy) is 1. The Morgan fingerprint density at radius 2 is 1.81 bits per heavy atom. The normalized spacial score (nSPS) is 20.1. The number of rotatable bonds is 4. The van der Waals surface area contributed by atoms with Crippen LogP contribution in [0.4, 0.5) is 0 Å². The van der Waals surface area contributed by atoms with E-state index in [9.17, 15) is 4.79 Å². The maximum Gasteiger partial charge on any atom is 0.251 e. The average Bonchev–Trinajstić information content (AvgIpc) is 2.70. The van der Waals surface area contributed by atoms with E-state index in [1.54, 1.807) is 0 Å². The molecule has 4 nitrogen and oxygen atoms in total. The van der Waals surface area contributed by atoms with Gasteiger partial charge in [0.05, 0.1) is 12.6 Å². The van der Waals surface area contributed by atoms with Crippen molar-refractivity contribution in [2.45, 2.75) is 38.3 Å². The molecule has 2 aromatic rings. The van der Waals surface area contributed by atoms with E-state index in [4.69, 9.17) is 4.74 Å². The molecule has 2 heterocycles. The predicted molar refractivity (Wildman–Crippen MR) is 102 cm³/mol. The highest BCUT2D eigenvalue weighted by atomic mass is 16.5. The van der Waals surface area contributed by atoms with E-state index in [1.165, 1.54) is 37.9 Å². The van der Waals surface area contributed by atoms with Gasteiger partial charge in [-0.15, -0.1) is 0 Å². The molecule has 0 bridgehead atoms. The van der Waals surface area contributed by atoms with Gasteiger partial charge in [0.25, 0.3) is 5.91 Å². The second-order valence-corrected chi connectivity index (χ2v) is 7.23. The summed E-state index contributed by atoms with van der Waals surface area (Å²) >= 11 is 0. The first-order chi connectivity index (χ1) is 12.8. The highest BCUT2D eigenvalue weighted by molar-refractivity contribution is 5.94. The number of nitrogens with one attached hydrogen (secondary N) is 1. The number of carbonyl (C=O) groups is 1. The van der Waals surface area contributed by atoms with Gasteiger partial charge in [0.15, 0.2) is 0 Å². The number of likely N-dealkylation sites (tertiary alicyclic amines) is 1. The van der Waals surface area contributed by atoms with Crippen molar-refractivity contribution in [3.8, 4) is 5.75 Å². The monoisotopic (exact) mass is 350 g/mol. The number of carbonyl (C=O) groups excluding carboxylic acids is 1. The van der Waals surface area contributed by atoms with Crippen LogP contribution in [0.3, 0.4) is 0 Å². The van der Waals surface area contributed by atoms with Crippen molar-refractivity contribution in [3.05, 3.63) is 65.2 Å². The van der Waals surface area contributed by atoms with Crippen LogP contribution in [0, 0.1) is 0 Å². The van der Waals surface area contributed by atoms with Gasteiger partial charge >= 0.3 is 0 Å². The molecule has 1 fully saturated rings. The molecule has 4 heteroatoms. The number of hydrogen-bond acceptors (Lipinski definition) is 3. The van der Waals surface area contributed by atoms with E-state index >= 15 is 0 Å². The molecule has 0 aliphatic carbocycles. The van der Waals surface area contributed by atoms with E-state index in [2.05, 4.69) is 22.3 Å². The molecule has 2 aromatic carbocycles. The molecule has 1 N–H and O–H groups in total. The average molecular weight is 350 g/mol. The SMILES string of the molecule is O=C(NC1CCOc2ccccc21)c1ccc(CN2CCCCC2)cc1. The van der Waals surface area contributed by atoms with Gasteiger partial charge in [0.2, 0.25) is 0 Å². The van der Waals surface area contributed by atoms with Gasteiger partial charge in [-0.25, -0.2) is 0 Å². The summed E-state index contributed by atoms with van der Waals surface area (Å²) in [7, 11) is 0. The number of piperidine rings is 1. The second kappa shape index (κ2) is 7.92. The van der Waals surface area contributed by atoms with Crippen molar-refractivity contribution in [2.24, 2.45) is 0 Å². The topological polar surface area (TPSA) is 41.6 Å². The second-order valence-electron chi connectivity index (χ2n) is 7.23. The fourth-order valence-corrected chi connectivity index (χ4v) is 3.87. The summed E-state index contributed by atoms with van der Waals surface area (Å²) in [4.78, 5) is 15.2.